The van der Waals surface area contributed by atoms with Gasteiger partial charge in [0.05, 0.1) is 6.10 Å². The second-order valence-corrected chi connectivity index (χ2v) is 6.76. The molecule has 5 nitrogen and oxygen atoms in total. The van der Waals surface area contributed by atoms with E-state index in [1.807, 2.05) is 18.2 Å². The number of fused-ring (bicyclic) bond motifs is 1. The molecule has 1 aromatic carbocycles. The molecule has 5 heteroatoms. The number of anilines is 1. The molecule has 1 saturated carbocycles. The molecule has 0 aromatic heterocycles. The van der Waals surface area contributed by atoms with E-state index < -0.39 is 5.41 Å². The summed E-state index contributed by atoms with van der Waals surface area (Å²) < 4.78 is 5.53. The first-order valence-electron chi connectivity index (χ1n) is 8.50. The fraction of sp³-hybridized carbons (Fsp3) is 0.556. The summed E-state index contributed by atoms with van der Waals surface area (Å²) in [5.74, 6) is -0.158. The van der Waals surface area contributed by atoms with E-state index in [1.54, 1.807) is 4.90 Å². The van der Waals surface area contributed by atoms with Crippen LogP contribution in [-0.4, -0.2) is 37.6 Å². The second-order valence-electron chi connectivity index (χ2n) is 6.76. The van der Waals surface area contributed by atoms with Crippen LogP contribution in [0, 0.1) is 5.41 Å². The number of carbonyl (C=O) groups is 2. The smallest absolute Gasteiger partial charge is 0.242 e. The maximum absolute atomic E-state index is 13.0. The van der Waals surface area contributed by atoms with Crippen molar-refractivity contribution in [1.29, 1.82) is 0 Å². The van der Waals surface area contributed by atoms with Gasteiger partial charge in [-0.15, -0.1) is 0 Å². The quantitative estimate of drug-likeness (QED) is 0.860. The van der Waals surface area contributed by atoms with Crippen molar-refractivity contribution in [2.45, 2.75) is 38.2 Å². The molecule has 1 aromatic rings. The zero-order valence-electron chi connectivity index (χ0n) is 13.2. The zero-order valence-corrected chi connectivity index (χ0v) is 13.2. The van der Waals surface area contributed by atoms with Crippen molar-refractivity contribution < 1.29 is 14.3 Å². The second kappa shape index (κ2) is 5.64. The molecule has 2 fully saturated rings. The van der Waals surface area contributed by atoms with E-state index in [2.05, 4.69) is 11.4 Å². The first-order valence-corrected chi connectivity index (χ1v) is 8.50. The van der Waals surface area contributed by atoms with Gasteiger partial charge >= 0.3 is 0 Å². The van der Waals surface area contributed by atoms with Crippen LogP contribution < -0.4 is 10.2 Å². The Hall–Kier alpha value is -1.88. The van der Waals surface area contributed by atoms with Crippen LogP contribution in [-0.2, 0) is 20.7 Å². The highest BCUT2D eigenvalue weighted by Gasteiger charge is 2.58. The van der Waals surface area contributed by atoms with Crippen LogP contribution in [0.25, 0.3) is 0 Å². The van der Waals surface area contributed by atoms with Crippen LogP contribution in [0.15, 0.2) is 24.3 Å². The maximum Gasteiger partial charge on any atom is 0.242 e. The van der Waals surface area contributed by atoms with Crippen molar-refractivity contribution in [2.24, 2.45) is 5.41 Å². The van der Waals surface area contributed by atoms with Gasteiger partial charge in [0, 0.05) is 25.4 Å². The van der Waals surface area contributed by atoms with Gasteiger partial charge in [0.2, 0.25) is 11.8 Å². The Morgan fingerprint density at radius 2 is 2.13 bits per heavy atom. The first-order chi connectivity index (χ1) is 11.2. The number of ether oxygens (including phenoxy) is 1. The van der Waals surface area contributed by atoms with Crippen LogP contribution in [0.5, 0.6) is 0 Å². The van der Waals surface area contributed by atoms with Crippen molar-refractivity contribution in [1.82, 2.24) is 5.32 Å². The molecule has 3 aliphatic rings. The highest BCUT2D eigenvalue weighted by Crippen LogP contribution is 2.49. The number of amides is 2. The van der Waals surface area contributed by atoms with E-state index in [0.717, 1.165) is 31.6 Å². The summed E-state index contributed by atoms with van der Waals surface area (Å²) >= 11 is 0. The Labute approximate surface area is 136 Å². The van der Waals surface area contributed by atoms with Gasteiger partial charge in [-0.25, -0.2) is 0 Å². The monoisotopic (exact) mass is 314 g/mol. The minimum absolute atomic E-state index is 0.0349. The summed E-state index contributed by atoms with van der Waals surface area (Å²) in [5.41, 5.74) is 1.32. The van der Waals surface area contributed by atoms with E-state index in [4.69, 9.17) is 4.74 Å². The van der Waals surface area contributed by atoms with Crippen LogP contribution in [0.2, 0.25) is 0 Å². The van der Waals surface area contributed by atoms with E-state index in [1.165, 1.54) is 5.56 Å². The van der Waals surface area contributed by atoms with Crippen molar-refractivity contribution in [3.63, 3.8) is 0 Å². The number of para-hydroxylation sites is 1. The Morgan fingerprint density at radius 1 is 1.30 bits per heavy atom. The van der Waals surface area contributed by atoms with E-state index in [0.29, 0.717) is 25.9 Å². The van der Waals surface area contributed by atoms with Crippen molar-refractivity contribution in [2.75, 3.05) is 24.6 Å². The van der Waals surface area contributed by atoms with Crippen LogP contribution in [0.4, 0.5) is 5.69 Å². The lowest BCUT2D eigenvalue weighted by Gasteiger charge is -2.23. The Bertz CT molecular complexity index is 633. The normalized spacial score (nSPS) is 24.3. The van der Waals surface area contributed by atoms with Crippen molar-refractivity contribution in [3.05, 3.63) is 29.8 Å². The molecule has 1 unspecified atom stereocenters. The molecule has 0 bridgehead atoms. The molecule has 23 heavy (non-hydrogen) atoms. The molecule has 1 N–H and O–H groups in total. The minimum Gasteiger partial charge on any atom is -0.376 e. The van der Waals surface area contributed by atoms with Gasteiger partial charge in [0.15, 0.2) is 0 Å². The van der Waals surface area contributed by atoms with Gasteiger partial charge in [0.1, 0.15) is 5.41 Å². The highest BCUT2D eigenvalue weighted by molar-refractivity contribution is 6.14. The number of nitrogens with one attached hydrogen (secondary N) is 1. The third-order valence-corrected chi connectivity index (χ3v) is 5.24. The van der Waals surface area contributed by atoms with Crippen LogP contribution >= 0.6 is 0 Å². The number of benzene rings is 1. The summed E-state index contributed by atoms with van der Waals surface area (Å²) in [6.07, 6.45) is 4.33. The number of hydrogen-bond acceptors (Lipinski definition) is 3. The number of rotatable bonds is 4. The minimum atomic E-state index is -0.837. The zero-order chi connectivity index (χ0) is 15.9. The molecule has 122 valence electrons. The van der Waals surface area contributed by atoms with Gasteiger partial charge in [-0.3, -0.25) is 9.59 Å². The fourth-order valence-corrected chi connectivity index (χ4v) is 3.65. The van der Waals surface area contributed by atoms with E-state index in [9.17, 15) is 9.59 Å². The van der Waals surface area contributed by atoms with Crippen molar-refractivity contribution >= 4 is 17.5 Å². The van der Waals surface area contributed by atoms with Gasteiger partial charge in [-0.2, -0.15) is 0 Å². The summed E-state index contributed by atoms with van der Waals surface area (Å²) in [4.78, 5) is 27.3. The molecule has 4 rings (SSSR count). The molecule has 2 aliphatic heterocycles. The first kappa shape index (κ1) is 14.7. The molecule has 1 aliphatic carbocycles. The predicted octanol–water partition coefficient (Wildman–Crippen LogP) is 1.65. The average Bonchev–Trinajstić information content (AvgIpc) is 3.03. The van der Waals surface area contributed by atoms with Gasteiger partial charge in [0.25, 0.3) is 0 Å². The van der Waals surface area contributed by atoms with Gasteiger partial charge in [-0.1, -0.05) is 18.2 Å². The predicted molar refractivity (Wildman–Crippen MR) is 86.1 cm³/mol. The van der Waals surface area contributed by atoms with Crippen LogP contribution in [0.1, 0.15) is 31.2 Å². The lowest BCUT2D eigenvalue weighted by molar-refractivity contribution is -0.136. The lowest BCUT2D eigenvalue weighted by Crippen LogP contribution is -2.46. The molecular formula is C18H22N2O3. The summed E-state index contributed by atoms with van der Waals surface area (Å²) in [6, 6.07) is 7.97. The topological polar surface area (TPSA) is 58.6 Å². The number of hydrogen-bond donors (Lipinski definition) is 1. The van der Waals surface area contributed by atoms with Crippen molar-refractivity contribution in [3.8, 4) is 0 Å². The van der Waals surface area contributed by atoms with Crippen LogP contribution in [0.3, 0.4) is 0 Å². The molecule has 1 atom stereocenters. The van der Waals surface area contributed by atoms with Gasteiger partial charge < -0.3 is 15.0 Å². The Kier molecular flexibility index (Phi) is 3.60. The standard InChI is InChI=1S/C18H22N2O3/c21-16(19-12-14-5-3-11-23-14)18(8-9-18)17(22)20-10-7-13-4-1-2-6-15(13)20/h1-2,4,6,14H,3,5,7-12H2,(H,19,21). The Balaban J connectivity index is 1.44. The lowest BCUT2D eigenvalue weighted by atomic mass is 10.0. The largest absolute Gasteiger partial charge is 0.376 e. The highest BCUT2D eigenvalue weighted by atomic mass is 16.5. The molecule has 0 radical (unpaired) electrons. The Morgan fingerprint density at radius 3 is 2.87 bits per heavy atom. The van der Waals surface area contributed by atoms with E-state index >= 15 is 0 Å². The molecule has 2 amide bonds. The molecular weight excluding hydrogens is 292 g/mol. The summed E-state index contributed by atoms with van der Waals surface area (Å²) in [6.45, 7) is 1.97. The third-order valence-electron chi connectivity index (χ3n) is 5.24. The van der Waals surface area contributed by atoms with E-state index in [-0.39, 0.29) is 17.9 Å². The fourth-order valence-electron chi connectivity index (χ4n) is 3.65. The summed E-state index contributed by atoms with van der Waals surface area (Å²) in [5, 5.41) is 2.94. The molecule has 2 heterocycles. The molecule has 0 spiro atoms. The molecule has 1 saturated heterocycles. The third kappa shape index (κ3) is 2.53. The maximum atomic E-state index is 13.0. The summed E-state index contributed by atoms with van der Waals surface area (Å²) in [7, 11) is 0. The average molecular weight is 314 g/mol. The van der Waals surface area contributed by atoms with Gasteiger partial charge in [-0.05, 0) is 43.7 Å². The number of nitrogens with zero attached hydrogens (tertiary/aromatic N) is 1. The SMILES string of the molecule is O=C(NCC1CCCO1)C1(C(=O)N2CCc3ccccc32)CC1. The number of carbonyl (C=O) groups excluding carboxylic acids is 2.